The molecule has 7 nitrogen and oxygen atoms in total. The minimum Gasteiger partial charge on any atom is -0.312 e. The maximum atomic E-state index is 13.5. The lowest BCUT2D eigenvalue weighted by Gasteiger charge is -2.33. The van der Waals surface area contributed by atoms with Crippen molar-refractivity contribution in [1.29, 1.82) is 0 Å². The number of fused-ring (bicyclic) bond motifs is 1. The molecule has 1 fully saturated rings. The average molecular weight is 549 g/mol. The van der Waals surface area contributed by atoms with E-state index in [0.29, 0.717) is 42.5 Å². The summed E-state index contributed by atoms with van der Waals surface area (Å²) in [5.41, 5.74) is 3.59. The molecule has 0 atom stereocenters. The molecule has 2 heterocycles. The number of aryl methyl sites for hydroxylation is 1. The van der Waals surface area contributed by atoms with Crippen LogP contribution in [0.3, 0.4) is 0 Å². The molecule has 4 rings (SSSR count). The molecule has 2 amide bonds. The van der Waals surface area contributed by atoms with Gasteiger partial charge in [-0.2, -0.15) is 4.31 Å². The third-order valence-electron chi connectivity index (χ3n) is 6.73. The zero-order valence-corrected chi connectivity index (χ0v) is 22.2. The van der Waals surface area contributed by atoms with E-state index in [9.17, 15) is 18.0 Å². The maximum Gasteiger partial charge on any atom is 0.244 e. The van der Waals surface area contributed by atoms with Gasteiger partial charge in [0.25, 0.3) is 0 Å². The Kier molecular flexibility index (Phi) is 7.17. The highest BCUT2D eigenvalue weighted by molar-refractivity contribution is 9.10. The summed E-state index contributed by atoms with van der Waals surface area (Å²) in [4.78, 5) is 28.8. The van der Waals surface area contributed by atoms with Gasteiger partial charge in [-0.3, -0.25) is 9.59 Å². The van der Waals surface area contributed by atoms with Crippen molar-refractivity contribution in [3.8, 4) is 0 Å². The number of amides is 2. The van der Waals surface area contributed by atoms with Crippen LogP contribution in [0.25, 0.3) is 0 Å². The van der Waals surface area contributed by atoms with E-state index in [1.807, 2.05) is 44.2 Å². The molecule has 2 aliphatic heterocycles. The van der Waals surface area contributed by atoms with Gasteiger partial charge in [-0.05, 0) is 84.4 Å². The van der Waals surface area contributed by atoms with E-state index in [1.165, 1.54) is 11.2 Å². The Morgan fingerprint density at radius 2 is 1.82 bits per heavy atom. The number of hydrogen-bond donors (Lipinski definition) is 0. The second kappa shape index (κ2) is 9.79. The smallest absolute Gasteiger partial charge is 0.244 e. The molecule has 34 heavy (non-hydrogen) atoms. The molecule has 0 aliphatic carbocycles. The van der Waals surface area contributed by atoms with E-state index in [4.69, 9.17) is 0 Å². The van der Waals surface area contributed by atoms with Crippen molar-refractivity contribution in [2.45, 2.75) is 44.9 Å². The van der Waals surface area contributed by atoms with Crippen LogP contribution in [0.1, 0.15) is 37.8 Å². The van der Waals surface area contributed by atoms with E-state index in [1.54, 1.807) is 15.9 Å². The third kappa shape index (κ3) is 4.65. The molecule has 0 bridgehead atoms. The first-order valence-electron chi connectivity index (χ1n) is 11.6. The Morgan fingerprint density at radius 3 is 2.44 bits per heavy atom. The first-order valence-corrected chi connectivity index (χ1v) is 13.9. The van der Waals surface area contributed by atoms with Crippen molar-refractivity contribution in [2.24, 2.45) is 5.92 Å². The molecule has 0 radical (unpaired) electrons. The Hall–Kier alpha value is -2.23. The van der Waals surface area contributed by atoms with E-state index in [2.05, 4.69) is 15.9 Å². The molecule has 2 aromatic rings. The van der Waals surface area contributed by atoms with E-state index >= 15 is 0 Å². The number of nitrogens with zero attached hydrogens (tertiary/aromatic N) is 3. The fourth-order valence-corrected chi connectivity index (χ4v) is 7.42. The SMILES string of the molecule is CCN(C(=O)C1CCN(S(=O)(=O)c2cc3c(cc2Br)CCN3C(C)=O)CC1)c1cccc(C)c1. The molecule has 0 saturated carbocycles. The molecule has 0 aromatic heterocycles. The molecule has 2 aromatic carbocycles. The van der Waals surface area contributed by atoms with Crippen LogP contribution in [0, 0.1) is 12.8 Å². The second-order valence-electron chi connectivity index (χ2n) is 8.93. The van der Waals surface area contributed by atoms with Gasteiger partial charge in [0.05, 0.1) is 4.90 Å². The Labute approximate surface area is 209 Å². The van der Waals surface area contributed by atoms with Gasteiger partial charge >= 0.3 is 0 Å². The molecular formula is C25H30BrN3O4S. The molecule has 1 saturated heterocycles. The van der Waals surface area contributed by atoms with Gasteiger partial charge in [0, 0.05) is 54.9 Å². The van der Waals surface area contributed by atoms with Crippen LogP contribution in [0.15, 0.2) is 45.8 Å². The molecule has 182 valence electrons. The zero-order valence-electron chi connectivity index (χ0n) is 19.8. The van der Waals surface area contributed by atoms with E-state index in [-0.39, 0.29) is 35.7 Å². The van der Waals surface area contributed by atoms with Gasteiger partial charge in [-0.1, -0.05) is 12.1 Å². The number of piperidine rings is 1. The number of sulfonamides is 1. The standard InChI is InChI=1S/C25H30BrN3O4S/c1-4-28(21-7-5-6-17(2)14-21)25(31)19-8-11-27(12-9-19)34(32,33)24-16-23-20(15-22(24)26)10-13-29(23)18(3)30/h5-7,14-16,19H,4,8-13H2,1-3H3. The predicted molar refractivity (Wildman–Crippen MR) is 137 cm³/mol. The van der Waals surface area contributed by atoms with Crippen molar-refractivity contribution in [3.05, 3.63) is 52.0 Å². The van der Waals surface area contributed by atoms with Gasteiger partial charge in [0.2, 0.25) is 21.8 Å². The van der Waals surface area contributed by atoms with Crippen molar-refractivity contribution in [2.75, 3.05) is 36.0 Å². The Bertz CT molecular complexity index is 1220. The van der Waals surface area contributed by atoms with Crippen molar-refractivity contribution in [1.82, 2.24) is 4.31 Å². The largest absolute Gasteiger partial charge is 0.312 e. The quantitative estimate of drug-likeness (QED) is 0.564. The van der Waals surface area contributed by atoms with Gasteiger partial charge in [-0.15, -0.1) is 0 Å². The van der Waals surface area contributed by atoms with Gasteiger partial charge in [0.15, 0.2) is 0 Å². The van der Waals surface area contributed by atoms with Gasteiger partial charge < -0.3 is 9.80 Å². The lowest BCUT2D eigenvalue weighted by Crippen LogP contribution is -2.44. The van der Waals surface area contributed by atoms with Crippen LogP contribution < -0.4 is 9.80 Å². The normalized spacial score (nSPS) is 17.0. The highest BCUT2D eigenvalue weighted by Gasteiger charge is 2.36. The first-order chi connectivity index (χ1) is 16.1. The number of benzene rings is 2. The number of carbonyl (C=O) groups excluding carboxylic acids is 2. The molecule has 0 unspecified atom stereocenters. The lowest BCUT2D eigenvalue weighted by atomic mass is 9.96. The number of hydrogen-bond acceptors (Lipinski definition) is 4. The molecule has 9 heteroatoms. The predicted octanol–water partition coefficient (Wildman–Crippen LogP) is 4.12. The lowest BCUT2D eigenvalue weighted by molar-refractivity contribution is -0.123. The van der Waals surface area contributed by atoms with Gasteiger partial charge in [-0.25, -0.2) is 8.42 Å². The highest BCUT2D eigenvalue weighted by atomic mass is 79.9. The first kappa shape index (κ1) is 24.9. The second-order valence-corrected chi connectivity index (χ2v) is 11.7. The summed E-state index contributed by atoms with van der Waals surface area (Å²) in [7, 11) is -3.77. The number of halogens is 1. The monoisotopic (exact) mass is 547 g/mol. The molecule has 2 aliphatic rings. The van der Waals surface area contributed by atoms with Crippen LogP contribution >= 0.6 is 15.9 Å². The number of carbonyl (C=O) groups is 2. The minimum atomic E-state index is -3.77. The third-order valence-corrected chi connectivity index (χ3v) is 9.58. The summed E-state index contributed by atoms with van der Waals surface area (Å²) in [5, 5.41) is 0. The average Bonchev–Trinajstić information content (AvgIpc) is 3.22. The van der Waals surface area contributed by atoms with Crippen LogP contribution in [0.2, 0.25) is 0 Å². The van der Waals surface area contributed by atoms with Crippen LogP contribution in [0.4, 0.5) is 11.4 Å². The highest BCUT2D eigenvalue weighted by Crippen LogP contribution is 2.37. The van der Waals surface area contributed by atoms with Crippen LogP contribution in [-0.2, 0) is 26.0 Å². The summed E-state index contributed by atoms with van der Waals surface area (Å²) >= 11 is 3.43. The fraction of sp³-hybridized carbons (Fsp3) is 0.440. The molecular weight excluding hydrogens is 518 g/mol. The minimum absolute atomic E-state index is 0.0426. The molecule has 0 N–H and O–H groups in total. The number of rotatable bonds is 5. The maximum absolute atomic E-state index is 13.5. The van der Waals surface area contributed by atoms with E-state index < -0.39 is 10.0 Å². The van der Waals surface area contributed by atoms with Crippen molar-refractivity contribution in [3.63, 3.8) is 0 Å². The topological polar surface area (TPSA) is 78.0 Å². The number of anilines is 2. The molecule has 0 spiro atoms. The van der Waals surface area contributed by atoms with E-state index in [0.717, 1.165) is 16.8 Å². The Balaban J connectivity index is 1.50. The summed E-state index contributed by atoms with van der Waals surface area (Å²) in [6.07, 6.45) is 1.65. The summed E-state index contributed by atoms with van der Waals surface area (Å²) in [6, 6.07) is 11.3. The van der Waals surface area contributed by atoms with Crippen molar-refractivity contribution < 1.29 is 18.0 Å². The summed E-state index contributed by atoms with van der Waals surface area (Å²) < 4.78 is 29.0. The van der Waals surface area contributed by atoms with Gasteiger partial charge in [0.1, 0.15) is 0 Å². The van der Waals surface area contributed by atoms with Crippen molar-refractivity contribution >= 4 is 49.1 Å². The fourth-order valence-electron chi connectivity index (χ4n) is 4.88. The summed E-state index contributed by atoms with van der Waals surface area (Å²) in [5.74, 6) is -0.276. The van der Waals surface area contributed by atoms with Crippen LogP contribution in [-0.4, -0.2) is 50.7 Å². The van der Waals surface area contributed by atoms with Crippen LogP contribution in [0.5, 0.6) is 0 Å². The Morgan fingerprint density at radius 1 is 1.12 bits per heavy atom. The summed E-state index contributed by atoms with van der Waals surface area (Å²) in [6.45, 7) is 7.13. The zero-order chi connectivity index (χ0) is 24.6.